The van der Waals surface area contributed by atoms with Crippen molar-refractivity contribution in [3.05, 3.63) is 39.9 Å². The van der Waals surface area contributed by atoms with E-state index in [4.69, 9.17) is 0 Å². The molecule has 0 spiro atoms. The summed E-state index contributed by atoms with van der Waals surface area (Å²) in [7, 11) is 1.97. The molecule has 0 aliphatic rings. The van der Waals surface area contributed by atoms with E-state index in [-0.39, 0.29) is 10.6 Å². The highest BCUT2D eigenvalue weighted by Gasteiger charge is 2.11. The molecule has 4 heteroatoms. The van der Waals surface area contributed by atoms with E-state index in [1.165, 1.54) is 0 Å². The number of nitro benzene ring substituents is 1. The van der Waals surface area contributed by atoms with E-state index in [0.29, 0.717) is 12.0 Å². The smallest absolute Gasteiger partial charge is 0.269 e. The summed E-state index contributed by atoms with van der Waals surface area (Å²) in [6.45, 7) is 4.38. The summed E-state index contributed by atoms with van der Waals surface area (Å²) in [4.78, 5) is 10.1. The van der Waals surface area contributed by atoms with Crippen molar-refractivity contribution in [3.63, 3.8) is 0 Å². The molecule has 0 saturated heterocycles. The van der Waals surface area contributed by atoms with E-state index in [1.54, 1.807) is 12.1 Å². The van der Waals surface area contributed by atoms with Crippen LogP contribution in [0.15, 0.2) is 24.3 Å². The van der Waals surface area contributed by atoms with Gasteiger partial charge in [0.2, 0.25) is 0 Å². The van der Waals surface area contributed by atoms with Crippen molar-refractivity contribution in [1.82, 2.24) is 5.32 Å². The van der Waals surface area contributed by atoms with E-state index in [0.717, 1.165) is 18.4 Å². The molecule has 0 heterocycles. The van der Waals surface area contributed by atoms with Crippen LogP contribution in [0, 0.1) is 16.0 Å². The molecule has 1 atom stereocenters. The highest BCUT2D eigenvalue weighted by Crippen LogP contribution is 2.15. The molecule has 0 fully saturated rings. The molecule has 1 rings (SSSR count). The first-order valence-electron chi connectivity index (χ1n) is 5.95. The Morgan fingerprint density at radius 2 is 1.88 bits per heavy atom. The number of rotatable bonds is 6. The number of non-ortho nitro benzene ring substituents is 1. The summed E-state index contributed by atoms with van der Waals surface area (Å²) in [5.41, 5.74) is 1.30. The van der Waals surface area contributed by atoms with Gasteiger partial charge in [0.25, 0.3) is 5.69 Å². The van der Waals surface area contributed by atoms with Crippen LogP contribution in [-0.4, -0.2) is 18.0 Å². The lowest BCUT2D eigenvalue weighted by atomic mass is 9.97. The van der Waals surface area contributed by atoms with Crippen LogP contribution in [0.3, 0.4) is 0 Å². The standard InChI is InChI=1S/C13H20N2O2/c1-10(2)13(14-3)9-6-11-4-7-12(8-5-11)15(16)17/h4-5,7-8,10,13-14H,6,9H2,1-3H3. The molecular weight excluding hydrogens is 216 g/mol. The maximum atomic E-state index is 10.5. The van der Waals surface area contributed by atoms with Crippen molar-refractivity contribution >= 4 is 5.69 Å². The van der Waals surface area contributed by atoms with Gasteiger partial charge in [-0.2, -0.15) is 0 Å². The molecule has 0 aliphatic heterocycles. The minimum Gasteiger partial charge on any atom is -0.317 e. The van der Waals surface area contributed by atoms with Gasteiger partial charge in [0.1, 0.15) is 0 Å². The Morgan fingerprint density at radius 3 is 2.29 bits per heavy atom. The summed E-state index contributed by atoms with van der Waals surface area (Å²) < 4.78 is 0. The minimum atomic E-state index is -0.367. The summed E-state index contributed by atoms with van der Waals surface area (Å²) in [6, 6.07) is 7.30. The van der Waals surface area contributed by atoms with Gasteiger partial charge in [0.05, 0.1) is 4.92 Å². The van der Waals surface area contributed by atoms with Crippen LogP contribution in [0.2, 0.25) is 0 Å². The predicted molar refractivity (Wildman–Crippen MR) is 69.1 cm³/mol. The van der Waals surface area contributed by atoms with Crippen LogP contribution in [0.4, 0.5) is 5.69 Å². The fraction of sp³-hybridized carbons (Fsp3) is 0.538. The van der Waals surface area contributed by atoms with Crippen molar-refractivity contribution in [1.29, 1.82) is 0 Å². The fourth-order valence-electron chi connectivity index (χ4n) is 1.92. The third kappa shape index (κ3) is 4.15. The first-order valence-corrected chi connectivity index (χ1v) is 5.95. The van der Waals surface area contributed by atoms with Crippen molar-refractivity contribution in [3.8, 4) is 0 Å². The molecule has 1 N–H and O–H groups in total. The van der Waals surface area contributed by atoms with Gasteiger partial charge in [0.15, 0.2) is 0 Å². The summed E-state index contributed by atoms with van der Waals surface area (Å²) in [6.07, 6.45) is 1.99. The molecule has 0 radical (unpaired) electrons. The molecule has 1 unspecified atom stereocenters. The molecule has 0 bridgehead atoms. The Labute approximate surface area is 102 Å². The predicted octanol–water partition coefficient (Wildman–Crippen LogP) is 2.77. The number of aryl methyl sites for hydroxylation is 1. The SMILES string of the molecule is CNC(CCc1ccc([N+](=O)[O-])cc1)C(C)C. The Hall–Kier alpha value is -1.42. The fourth-order valence-corrected chi connectivity index (χ4v) is 1.92. The number of nitrogens with one attached hydrogen (secondary N) is 1. The second-order valence-electron chi connectivity index (χ2n) is 4.60. The average Bonchev–Trinajstić information content (AvgIpc) is 2.30. The molecule has 1 aromatic carbocycles. The molecule has 0 aromatic heterocycles. The Kier molecular flexibility index (Phi) is 5.10. The monoisotopic (exact) mass is 236 g/mol. The molecular formula is C13H20N2O2. The highest BCUT2D eigenvalue weighted by molar-refractivity contribution is 5.32. The number of benzene rings is 1. The van der Waals surface area contributed by atoms with Gasteiger partial charge < -0.3 is 5.32 Å². The third-order valence-electron chi connectivity index (χ3n) is 3.07. The van der Waals surface area contributed by atoms with Crippen LogP contribution >= 0.6 is 0 Å². The van der Waals surface area contributed by atoms with Gasteiger partial charge in [0, 0.05) is 18.2 Å². The summed E-state index contributed by atoms with van der Waals surface area (Å²) in [5, 5.41) is 13.8. The minimum absolute atomic E-state index is 0.155. The van der Waals surface area contributed by atoms with Gasteiger partial charge in [-0.25, -0.2) is 0 Å². The number of hydrogen-bond acceptors (Lipinski definition) is 3. The highest BCUT2D eigenvalue weighted by atomic mass is 16.6. The third-order valence-corrected chi connectivity index (χ3v) is 3.07. The van der Waals surface area contributed by atoms with Gasteiger partial charge in [-0.1, -0.05) is 26.0 Å². The van der Waals surface area contributed by atoms with Gasteiger partial charge in [-0.3, -0.25) is 10.1 Å². The molecule has 1 aromatic rings. The van der Waals surface area contributed by atoms with Crippen molar-refractivity contribution in [2.75, 3.05) is 7.05 Å². The molecule has 0 amide bonds. The van der Waals surface area contributed by atoms with Crippen LogP contribution in [0.1, 0.15) is 25.8 Å². The zero-order valence-corrected chi connectivity index (χ0v) is 10.6. The molecule has 4 nitrogen and oxygen atoms in total. The van der Waals surface area contributed by atoms with Gasteiger partial charge in [-0.05, 0) is 31.4 Å². The van der Waals surface area contributed by atoms with E-state index in [2.05, 4.69) is 19.2 Å². The number of nitro groups is 1. The summed E-state index contributed by atoms with van der Waals surface area (Å²) >= 11 is 0. The zero-order valence-electron chi connectivity index (χ0n) is 10.6. The van der Waals surface area contributed by atoms with E-state index < -0.39 is 0 Å². The van der Waals surface area contributed by atoms with Crippen LogP contribution in [-0.2, 0) is 6.42 Å². The first-order chi connectivity index (χ1) is 8.04. The molecule has 17 heavy (non-hydrogen) atoms. The van der Waals surface area contributed by atoms with E-state index in [9.17, 15) is 10.1 Å². The van der Waals surface area contributed by atoms with E-state index in [1.807, 2.05) is 19.2 Å². The Balaban J connectivity index is 2.55. The second kappa shape index (κ2) is 6.35. The Morgan fingerprint density at radius 1 is 1.29 bits per heavy atom. The van der Waals surface area contributed by atoms with Crippen molar-refractivity contribution < 1.29 is 4.92 Å². The van der Waals surface area contributed by atoms with Crippen LogP contribution in [0.5, 0.6) is 0 Å². The zero-order chi connectivity index (χ0) is 12.8. The maximum absolute atomic E-state index is 10.5. The Bertz CT molecular complexity index is 360. The summed E-state index contributed by atoms with van der Waals surface area (Å²) in [5.74, 6) is 0.595. The lowest BCUT2D eigenvalue weighted by molar-refractivity contribution is -0.384. The largest absolute Gasteiger partial charge is 0.317 e. The molecule has 0 aliphatic carbocycles. The molecule has 94 valence electrons. The number of nitrogens with zero attached hydrogens (tertiary/aromatic N) is 1. The maximum Gasteiger partial charge on any atom is 0.269 e. The van der Waals surface area contributed by atoms with Crippen LogP contribution < -0.4 is 5.32 Å². The van der Waals surface area contributed by atoms with Crippen molar-refractivity contribution in [2.24, 2.45) is 5.92 Å². The first kappa shape index (κ1) is 13.6. The number of hydrogen-bond donors (Lipinski definition) is 1. The van der Waals surface area contributed by atoms with Crippen LogP contribution in [0.25, 0.3) is 0 Å². The van der Waals surface area contributed by atoms with Crippen molar-refractivity contribution in [2.45, 2.75) is 32.7 Å². The topological polar surface area (TPSA) is 55.2 Å². The average molecular weight is 236 g/mol. The lowest BCUT2D eigenvalue weighted by Crippen LogP contribution is -2.30. The quantitative estimate of drug-likeness (QED) is 0.610. The van der Waals surface area contributed by atoms with E-state index >= 15 is 0 Å². The van der Waals surface area contributed by atoms with Gasteiger partial charge >= 0.3 is 0 Å². The van der Waals surface area contributed by atoms with Gasteiger partial charge in [-0.15, -0.1) is 0 Å². The molecule has 0 saturated carbocycles. The lowest BCUT2D eigenvalue weighted by Gasteiger charge is -2.19. The normalized spacial score (nSPS) is 12.7. The second-order valence-corrected chi connectivity index (χ2v) is 4.60.